The Labute approximate surface area is 96.9 Å². The van der Waals surface area contributed by atoms with Gasteiger partial charge >= 0.3 is 18.2 Å². The fourth-order valence-electron chi connectivity index (χ4n) is 0.911. The molecular weight excluding hydrogens is 270 g/mol. The van der Waals surface area contributed by atoms with Crippen molar-refractivity contribution in [1.82, 2.24) is 0 Å². The molecule has 0 aliphatic rings. The Morgan fingerprint density at radius 2 is 2.00 bits per heavy atom. The van der Waals surface area contributed by atoms with Gasteiger partial charge in [0.25, 0.3) is 0 Å². The van der Waals surface area contributed by atoms with Crippen LogP contribution in [0.25, 0.3) is 0 Å². The number of nitro benzene ring substituents is 1. The number of nitrogens with zero attached hydrogens (tertiary/aromatic N) is 1. The lowest BCUT2D eigenvalue weighted by Gasteiger charge is -2.16. The summed E-state index contributed by atoms with van der Waals surface area (Å²) in [6.45, 7) is 0. The number of ether oxygens (including phenoxy) is 1. The van der Waals surface area contributed by atoms with Crippen molar-refractivity contribution in [2.45, 2.75) is 12.5 Å². The van der Waals surface area contributed by atoms with Gasteiger partial charge in [-0.25, -0.2) is 0 Å². The molecule has 0 unspecified atom stereocenters. The van der Waals surface area contributed by atoms with Crippen molar-refractivity contribution in [1.29, 1.82) is 0 Å². The number of hydrogen-bond donors (Lipinski definition) is 0. The van der Waals surface area contributed by atoms with Crippen molar-refractivity contribution < 1.29 is 27.2 Å². The maximum absolute atomic E-state index is 12.5. The van der Waals surface area contributed by atoms with Crippen LogP contribution in [0.4, 0.5) is 23.2 Å². The summed E-state index contributed by atoms with van der Waals surface area (Å²) in [6.07, 6.45) is -8.91. The van der Waals surface area contributed by atoms with Gasteiger partial charge in [0.2, 0.25) is 5.75 Å². The maximum Gasteiger partial charge on any atom is 0.461 e. The first kappa shape index (κ1) is 13.5. The van der Waals surface area contributed by atoms with E-state index in [1.807, 2.05) is 0 Å². The van der Waals surface area contributed by atoms with E-state index in [0.717, 1.165) is 18.2 Å². The molecule has 0 fully saturated rings. The molecule has 0 aromatic heterocycles. The lowest BCUT2D eigenvalue weighted by Crippen LogP contribution is -2.33. The summed E-state index contributed by atoms with van der Waals surface area (Å²) in [5.74, 6) is -0.982. The second-order valence-corrected chi connectivity index (χ2v) is 3.27. The van der Waals surface area contributed by atoms with Gasteiger partial charge in [-0.15, -0.1) is 0 Å². The zero-order valence-electron chi connectivity index (χ0n) is 7.87. The summed E-state index contributed by atoms with van der Waals surface area (Å²) < 4.78 is 52.4. The number of halogens is 5. The Morgan fingerprint density at radius 3 is 2.47 bits per heavy atom. The second kappa shape index (κ2) is 4.74. The number of rotatable bonds is 4. The lowest BCUT2D eigenvalue weighted by atomic mass is 10.3. The minimum atomic E-state index is -4.81. The van der Waals surface area contributed by atoms with Crippen LogP contribution in [0.15, 0.2) is 18.2 Å². The van der Waals surface area contributed by atoms with Crippen LogP contribution in [0.2, 0.25) is 5.02 Å². The second-order valence-electron chi connectivity index (χ2n) is 2.83. The highest BCUT2D eigenvalue weighted by Gasteiger charge is 2.45. The van der Waals surface area contributed by atoms with Crippen LogP contribution in [0.5, 0.6) is 5.75 Å². The van der Waals surface area contributed by atoms with Gasteiger partial charge in [-0.1, -0.05) is 11.6 Å². The molecular formula is C8H4ClF4NO3. The largest absolute Gasteiger partial charge is 0.461 e. The molecule has 0 aliphatic heterocycles. The topological polar surface area (TPSA) is 52.4 Å². The van der Waals surface area contributed by atoms with E-state index in [-0.39, 0.29) is 5.02 Å². The standard InChI is InChI=1S/C8H4ClF4NO3/c9-4-1-2-6(5(3-4)14(15)16)17-8(12,13)7(10)11/h1-3,7H. The molecule has 94 valence electrons. The van der Waals surface area contributed by atoms with Gasteiger partial charge < -0.3 is 4.74 Å². The zero-order valence-corrected chi connectivity index (χ0v) is 8.63. The summed E-state index contributed by atoms with van der Waals surface area (Å²) in [6, 6.07) is 2.45. The highest BCUT2D eigenvalue weighted by molar-refractivity contribution is 6.30. The molecule has 0 atom stereocenters. The lowest BCUT2D eigenvalue weighted by molar-refractivity contribution is -0.387. The normalized spacial score (nSPS) is 11.6. The first-order valence-corrected chi connectivity index (χ1v) is 4.41. The van der Waals surface area contributed by atoms with E-state index in [1.54, 1.807) is 0 Å². The number of alkyl halides is 4. The minimum Gasteiger partial charge on any atom is -0.421 e. The Kier molecular flexibility index (Phi) is 3.76. The number of hydrogen-bond acceptors (Lipinski definition) is 3. The molecule has 0 saturated carbocycles. The minimum absolute atomic E-state index is 0.107. The zero-order chi connectivity index (χ0) is 13.2. The Balaban J connectivity index is 3.11. The van der Waals surface area contributed by atoms with Crippen LogP contribution in [-0.4, -0.2) is 17.5 Å². The van der Waals surface area contributed by atoms with E-state index >= 15 is 0 Å². The highest BCUT2D eigenvalue weighted by Crippen LogP contribution is 2.35. The van der Waals surface area contributed by atoms with Crippen LogP contribution in [0, 0.1) is 10.1 Å². The summed E-state index contributed by atoms with van der Waals surface area (Å²) in [5.41, 5.74) is -0.919. The van der Waals surface area contributed by atoms with E-state index in [4.69, 9.17) is 11.6 Å². The number of nitro groups is 1. The molecule has 1 aromatic rings. The smallest absolute Gasteiger partial charge is 0.421 e. The van der Waals surface area contributed by atoms with E-state index in [1.165, 1.54) is 0 Å². The van der Waals surface area contributed by atoms with Crippen molar-refractivity contribution >= 4 is 17.3 Å². The van der Waals surface area contributed by atoms with E-state index < -0.39 is 28.9 Å². The Bertz CT molecular complexity index is 441. The van der Waals surface area contributed by atoms with Gasteiger partial charge in [-0.05, 0) is 12.1 Å². The summed E-state index contributed by atoms with van der Waals surface area (Å²) in [4.78, 5) is 9.40. The van der Waals surface area contributed by atoms with E-state index in [0.29, 0.717) is 0 Å². The molecule has 0 aliphatic carbocycles. The van der Waals surface area contributed by atoms with Gasteiger partial charge in [-0.3, -0.25) is 10.1 Å². The van der Waals surface area contributed by atoms with Crippen LogP contribution in [-0.2, 0) is 0 Å². The molecule has 0 amide bonds. The average molecular weight is 274 g/mol. The van der Waals surface area contributed by atoms with Crippen LogP contribution in [0.3, 0.4) is 0 Å². The average Bonchev–Trinajstić information content (AvgIpc) is 2.19. The molecule has 1 rings (SSSR count). The van der Waals surface area contributed by atoms with Gasteiger partial charge in [0, 0.05) is 11.1 Å². The predicted octanol–water partition coefficient (Wildman–Crippen LogP) is 3.48. The van der Waals surface area contributed by atoms with Crippen molar-refractivity contribution in [3.8, 4) is 5.75 Å². The van der Waals surface area contributed by atoms with Crippen LogP contribution in [0.1, 0.15) is 0 Å². The number of benzene rings is 1. The molecule has 0 bridgehead atoms. The molecule has 0 radical (unpaired) electrons. The molecule has 9 heteroatoms. The molecule has 0 heterocycles. The first-order valence-electron chi connectivity index (χ1n) is 4.03. The van der Waals surface area contributed by atoms with Gasteiger partial charge in [0.05, 0.1) is 4.92 Å². The quantitative estimate of drug-likeness (QED) is 0.479. The summed E-state index contributed by atoms with van der Waals surface area (Å²) >= 11 is 5.40. The summed E-state index contributed by atoms with van der Waals surface area (Å²) in [5, 5.41) is 10.4. The van der Waals surface area contributed by atoms with Crippen LogP contribution < -0.4 is 4.74 Å². The Morgan fingerprint density at radius 1 is 1.41 bits per heavy atom. The SMILES string of the molecule is O=[N+]([O-])c1cc(Cl)ccc1OC(F)(F)C(F)F. The van der Waals surface area contributed by atoms with Gasteiger partial charge in [0.15, 0.2) is 0 Å². The molecule has 0 N–H and O–H groups in total. The van der Waals surface area contributed by atoms with Crippen molar-refractivity contribution in [2.24, 2.45) is 0 Å². The fraction of sp³-hybridized carbons (Fsp3) is 0.250. The van der Waals surface area contributed by atoms with Crippen molar-refractivity contribution in [3.05, 3.63) is 33.3 Å². The third-order valence-corrected chi connectivity index (χ3v) is 1.85. The van der Waals surface area contributed by atoms with E-state index in [2.05, 4.69) is 4.74 Å². The molecule has 0 saturated heterocycles. The first-order chi connectivity index (χ1) is 7.74. The van der Waals surface area contributed by atoms with E-state index in [9.17, 15) is 27.7 Å². The fourth-order valence-corrected chi connectivity index (χ4v) is 1.08. The Hall–Kier alpha value is -1.57. The monoisotopic (exact) mass is 273 g/mol. The predicted molar refractivity (Wildman–Crippen MR) is 49.7 cm³/mol. The third kappa shape index (κ3) is 3.19. The maximum atomic E-state index is 12.5. The van der Waals surface area contributed by atoms with Gasteiger partial charge in [0.1, 0.15) is 0 Å². The van der Waals surface area contributed by atoms with Crippen LogP contribution >= 0.6 is 11.6 Å². The summed E-state index contributed by atoms with van der Waals surface area (Å²) in [7, 11) is 0. The van der Waals surface area contributed by atoms with Crippen molar-refractivity contribution in [3.63, 3.8) is 0 Å². The molecule has 4 nitrogen and oxygen atoms in total. The van der Waals surface area contributed by atoms with Crippen molar-refractivity contribution in [2.75, 3.05) is 0 Å². The van der Waals surface area contributed by atoms with Gasteiger partial charge in [-0.2, -0.15) is 17.6 Å². The molecule has 17 heavy (non-hydrogen) atoms. The third-order valence-electron chi connectivity index (χ3n) is 1.62. The molecule has 1 aromatic carbocycles. The molecule has 0 spiro atoms. The highest BCUT2D eigenvalue weighted by atomic mass is 35.5.